The number of benzene rings is 1. The van der Waals surface area contributed by atoms with Crippen molar-refractivity contribution >= 4 is 23.2 Å². The molecule has 0 fully saturated rings. The number of nitrogens with one attached hydrogen (secondary N) is 1. The van der Waals surface area contributed by atoms with Crippen molar-refractivity contribution in [3.05, 3.63) is 58.4 Å². The van der Waals surface area contributed by atoms with Crippen LogP contribution in [0.4, 0.5) is 5.69 Å². The summed E-state index contributed by atoms with van der Waals surface area (Å²) >= 11 is 5.69. The summed E-state index contributed by atoms with van der Waals surface area (Å²) in [4.78, 5) is 16.0. The van der Waals surface area contributed by atoms with Crippen LogP contribution in [0.1, 0.15) is 21.5 Å². The molecule has 1 aromatic heterocycles. The van der Waals surface area contributed by atoms with Gasteiger partial charge in [0.25, 0.3) is 5.91 Å². The van der Waals surface area contributed by atoms with Gasteiger partial charge in [0, 0.05) is 5.56 Å². The SMILES string of the molecule is O=C(Nc1ccc(Cl)nc1)c1ccc2c(c1)COC2. The lowest BCUT2D eigenvalue weighted by Gasteiger charge is -2.06. The lowest BCUT2D eigenvalue weighted by molar-refractivity contribution is 0.102. The maximum atomic E-state index is 12.1. The summed E-state index contributed by atoms with van der Waals surface area (Å²) in [5.41, 5.74) is 3.44. The van der Waals surface area contributed by atoms with Crippen molar-refractivity contribution < 1.29 is 9.53 Å². The predicted molar refractivity (Wildman–Crippen MR) is 72.1 cm³/mol. The summed E-state index contributed by atoms with van der Waals surface area (Å²) < 4.78 is 5.32. The summed E-state index contributed by atoms with van der Waals surface area (Å²) in [5, 5.41) is 3.17. The first-order chi connectivity index (χ1) is 9.22. The van der Waals surface area contributed by atoms with Crippen molar-refractivity contribution in [2.45, 2.75) is 13.2 Å². The van der Waals surface area contributed by atoms with Crippen molar-refractivity contribution in [2.75, 3.05) is 5.32 Å². The molecule has 1 amide bonds. The number of aromatic nitrogens is 1. The molecule has 0 saturated heterocycles. The van der Waals surface area contributed by atoms with E-state index < -0.39 is 0 Å². The number of halogens is 1. The molecule has 3 rings (SSSR count). The van der Waals surface area contributed by atoms with Crippen LogP contribution in [-0.4, -0.2) is 10.9 Å². The summed E-state index contributed by atoms with van der Waals surface area (Å²) in [5.74, 6) is -0.168. The zero-order valence-corrected chi connectivity index (χ0v) is 10.8. The largest absolute Gasteiger partial charge is 0.372 e. The zero-order chi connectivity index (χ0) is 13.2. The third-order valence-corrected chi connectivity index (χ3v) is 3.19. The molecular weight excluding hydrogens is 264 g/mol. The number of nitrogens with zero attached hydrogens (tertiary/aromatic N) is 1. The van der Waals surface area contributed by atoms with Gasteiger partial charge in [-0.3, -0.25) is 4.79 Å². The van der Waals surface area contributed by atoms with E-state index in [4.69, 9.17) is 16.3 Å². The average molecular weight is 275 g/mol. The highest BCUT2D eigenvalue weighted by Crippen LogP contribution is 2.21. The van der Waals surface area contributed by atoms with E-state index in [-0.39, 0.29) is 5.91 Å². The van der Waals surface area contributed by atoms with Crippen molar-refractivity contribution in [1.82, 2.24) is 4.98 Å². The van der Waals surface area contributed by atoms with Crippen LogP contribution in [0.5, 0.6) is 0 Å². The molecule has 19 heavy (non-hydrogen) atoms. The fraction of sp³-hybridized carbons (Fsp3) is 0.143. The Morgan fingerprint density at radius 2 is 2.05 bits per heavy atom. The van der Waals surface area contributed by atoms with Crippen LogP contribution in [0.3, 0.4) is 0 Å². The number of anilines is 1. The number of pyridine rings is 1. The quantitative estimate of drug-likeness (QED) is 0.857. The van der Waals surface area contributed by atoms with Crippen LogP contribution in [0.2, 0.25) is 5.15 Å². The molecule has 0 radical (unpaired) electrons. The highest BCUT2D eigenvalue weighted by molar-refractivity contribution is 6.29. The minimum Gasteiger partial charge on any atom is -0.372 e. The Balaban J connectivity index is 1.78. The van der Waals surface area contributed by atoms with Gasteiger partial charge in [-0.05, 0) is 35.4 Å². The van der Waals surface area contributed by atoms with Crippen LogP contribution >= 0.6 is 11.6 Å². The normalized spacial score (nSPS) is 13.1. The Bertz CT molecular complexity index is 626. The molecule has 1 N–H and O–H groups in total. The van der Waals surface area contributed by atoms with Crippen LogP contribution in [0, 0.1) is 0 Å². The Hall–Kier alpha value is -1.91. The first-order valence-electron chi connectivity index (χ1n) is 5.85. The molecule has 0 saturated carbocycles. The van der Waals surface area contributed by atoms with E-state index in [0.717, 1.165) is 11.1 Å². The first kappa shape index (κ1) is 12.1. The monoisotopic (exact) mass is 274 g/mol. The summed E-state index contributed by atoms with van der Waals surface area (Å²) in [7, 11) is 0. The number of carbonyl (C=O) groups is 1. The molecule has 2 heterocycles. The average Bonchev–Trinajstić information content (AvgIpc) is 2.88. The van der Waals surface area contributed by atoms with Gasteiger partial charge in [-0.15, -0.1) is 0 Å². The van der Waals surface area contributed by atoms with Crippen LogP contribution in [0.15, 0.2) is 36.5 Å². The second-order valence-electron chi connectivity index (χ2n) is 4.30. The number of fused-ring (bicyclic) bond motifs is 1. The number of hydrogen-bond acceptors (Lipinski definition) is 3. The fourth-order valence-electron chi connectivity index (χ4n) is 1.97. The van der Waals surface area contributed by atoms with Gasteiger partial charge >= 0.3 is 0 Å². The van der Waals surface area contributed by atoms with Gasteiger partial charge in [0.2, 0.25) is 0 Å². The lowest BCUT2D eigenvalue weighted by Crippen LogP contribution is -2.12. The highest BCUT2D eigenvalue weighted by atomic mass is 35.5. The minimum absolute atomic E-state index is 0.168. The van der Waals surface area contributed by atoms with Crippen molar-refractivity contribution in [1.29, 1.82) is 0 Å². The van der Waals surface area contributed by atoms with Crippen molar-refractivity contribution in [2.24, 2.45) is 0 Å². The molecule has 4 nitrogen and oxygen atoms in total. The zero-order valence-electron chi connectivity index (χ0n) is 10.0. The molecule has 0 aliphatic carbocycles. The molecule has 5 heteroatoms. The maximum Gasteiger partial charge on any atom is 0.255 e. The van der Waals surface area contributed by atoms with Crippen LogP contribution in [0.25, 0.3) is 0 Å². The van der Waals surface area contributed by atoms with E-state index in [1.54, 1.807) is 18.2 Å². The third kappa shape index (κ3) is 2.59. The predicted octanol–water partition coefficient (Wildman–Crippen LogP) is 3.02. The van der Waals surface area contributed by atoms with E-state index in [9.17, 15) is 4.79 Å². The number of rotatable bonds is 2. The van der Waals surface area contributed by atoms with Gasteiger partial charge in [-0.1, -0.05) is 17.7 Å². The minimum atomic E-state index is -0.168. The molecule has 0 unspecified atom stereocenters. The van der Waals surface area contributed by atoms with Crippen LogP contribution in [-0.2, 0) is 18.0 Å². The third-order valence-electron chi connectivity index (χ3n) is 2.97. The van der Waals surface area contributed by atoms with E-state index in [1.165, 1.54) is 6.20 Å². The number of ether oxygens (including phenoxy) is 1. The maximum absolute atomic E-state index is 12.1. The van der Waals surface area contributed by atoms with E-state index in [2.05, 4.69) is 10.3 Å². The molecule has 0 spiro atoms. The smallest absolute Gasteiger partial charge is 0.255 e. The Morgan fingerprint density at radius 3 is 2.84 bits per heavy atom. The lowest BCUT2D eigenvalue weighted by atomic mass is 10.1. The van der Waals surface area contributed by atoms with Crippen molar-refractivity contribution in [3.63, 3.8) is 0 Å². The van der Waals surface area contributed by atoms with Gasteiger partial charge in [0.1, 0.15) is 5.15 Å². The standard InChI is InChI=1S/C14H11ClN2O2/c15-13-4-3-12(6-16-13)17-14(18)9-1-2-10-7-19-8-11(10)5-9/h1-6H,7-8H2,(H,17,18). The van der Waals surface area contributed by atoms with Gasteiger partial charge in [-0.2, -0.15) is 0 Å². The number of hydrogen-bond donors (Lipinski definition) is 1. The molecule has 0 bridgehead atoms. The second-order valence-corrected chi connectivity index (χ2v) is 4.69. The first-order valence-corrected chi connectivity index (χ1v) is 6.22. The van der Waals surface area contributed by atoms with Gasteiger partial charge in [-0.25, -0.2) is 4.98 Å². The van der Waals surface area contributed by atoms with Crippen molar-refractivity contribution in [3.8, 4) is 0 Å². The molecule has 1 aliphatic rings. The van der Waals surface area contributed by atoms with Gasteiger partial charge in [0.05, 0.1) is 25.1 Å². The summed E-state index contributed by atoms with van der Waals surface area (Å²) in [6, 6.07) is 8.93. The molecule has 2 aromatic rings. The second kappa shape index (κ2) is 4.99. The molecule has 1 aromatic carbocycles. The van der Waals surface area contributed by atoms with E-state index in [0.29, 0.717) is 29.6 Å². The van der Waals surface area contributed by atoms with Crippen LogP contribution < -0.4 is 5.32 Å². The Kier molecular flexibility index (Phi) is 3.19. The fourth-order valence-corrected chi connectivity index (χ4v) is 2.08. The number of carbonyl (C=O) groups excluding carboxylic acids is 1. The highest BCUT2D eigenvalue weighted by Gasteiger charge is 2.14. The molecular formula is C14H11ClN2O2. The Labute approximate surface area is 115 Å². The van der Waals surface area contributed by atoms with Gasteiger partial charge < -0.3 is 10.1 Å². The molecule has 0 atom stereocenters. The van der Waals surface area contributed by atoms with E-state index >= 15 is 0 Å². The summed E-state index contributed by atoms with van der Waals surface area (Å²) in [6.45, 7) is 1.19. The number of amides is 1. The topological polar surface area (TPSA) is 51.2 Å². The Morgan fingerprint density at radius 1 is 1.21 bits per heavy atom. The van der Waals surface area contributed by atoms with Gasteiger partial charge in [0.15, 0.2) is 0 Å². The molecule has 1 aliphatic heterocycles. The molecule has 96 valence electrons. The van der Waals surface area contributed by atoms with E-state index in [1.807, 2.05) is 12.1 Å². The summed E-state index contributed by atoms with van der Waals surface area (Å²) in [6.07, 6.45) is 1.52.